The van der Waals surface area contributed by atoms with Crippen molar-refractivity contribution in [1.29, 1.82) is 0 Å². The summed E-state index contributed by atoms with van der Waals surface area (Å²) >= 11 is 0. The molecule has 21 heavy (non-hydrogen) atoms. The van der Waals surface area contributed by atoms with Crippen molar-refractivity contribution < 1.29 is 13.2 Å². The van der Waals surface area contributed by atoms with Crippen LogP contribution in [0.5, 0.6) is 5.75 Å². The molecule has 0 amide bonds. The molecule has 1 heterocycles. The quantitative estimate of drug-likeness (QED) is 0.778. The van der Waals surface area contributed by atoms with Crippen LogP contribution in [0.1, 0.15) is 11.4 Å². The van der Waals surface area contributed by atoms with Gasteiger partial charge >= 0.3 is 0 Å². The second kappa shape index (κ2) is 5.70. The molecule has 114 valence electrons. The standard InChI is InChI=1S/C12H17N5O3S/c1-8-4-10(20-3)11(5-9(8)13)21(18,19)17(2)6-12-14-7-15-16-12/h4-5,7H,6,13H2,1-3H3,(H,14,15,16). The molecule has 0 fully saturated rings. The maximum absolute atomic E-state index is 12.6. The number of anilines is 1. The molecule has 1 aromatic carbocycles. The Hall–Kier alpha value is -2.13. The minimum atomic E-state index is -3.76. The minimum absolute atomic E-state index is 0.0233. The lowest BCUT2D eigenvalue weighted by Crippen LogP contribution is -2.27. The van der Waals surface area contributed by atoms with Crippen LogP contribution in [0.15, 0.2) is 23.4 Å². The first kappa shape index (κ1) is 15.3. The van der Waals surface area contributed by atoms with Crippen LogP contribution in [0.2, 0.25) is 0 Å². The second-order valence-corrected chi connectivity index (χ2v) is 6.57. The van der Waals surface area contributed by atoms with Crippen LogP contribution >= 0.6 is 0 Å². The number of benzene rings is 1. The first-order valence-corrected chi connectivity index (χ1v) is 7.55. The molecule has 8 nitrogen and oxygen atoms in total. The van der Waals surface area contributed by atoms with Crippen molar-refractivity contribution in [2.24, 2.45) is 0 Å². The Labute approximate surface area is 123 Å². The topological polar surface area (TPSA) is 114 Å². The van der Waals surface area contributed by atoms with Gasteiger partial charge in [-0.1, -0.05) is 0 Å². The maximum atomic E-state index is 12.6. The van der Waals surface area contributed by atoms with Crippen LogP contribution in [0.25, 0.3) is 0 Å². The Morgan fingerprint density at radius 3 is 2.71 bits per heavy atom. The molecule has 1 aromatic heterocycles. The van der Waals surface area contributed by atoms with Gasteiger partial charge in [0.05, 0.1) is 13.7 Å². The van der Waals surface area contributed by atoms with E-state index < -0.39 is 10.0 Å². The zero-order chi connectivity index (χ0) is 15.6. The van der Waals surface area contributed by atoms with Gasteiger partial charge in [0.25, 0.3) is 0 Å². The second-order valence-electron chi connectivity index (χ2n) is 4.55. The molecule has 0 atom stereocenters. The third-order valence-corrected chi connectivity index (χ3v) is 4.90. The highest BCUT2D eigenvalue weighted by Crippen LogP contribution is 2.30. The highest BCUT2D eigenvalue weighted by Gasteiger charge is 2.26. The lowest BCUT2D eigenvalue weighted by atomic mass is 10.2. The predicted octanol–water partition coefficient (Wildman–Crippen LogP) is 0.525. The zero-order valence-corrected chi connectivity index (χ0v) is 12.8. The number of hydrogen-bond acceptors (Lipinski definition) is 6. The Kier molecular flexibility index (Phi) is 4.14. The van der Waals surface area contributed by atoms with E-state index in [1.165, 1.54) is 26.6 Å². The number of nitrogens with one attached hydrogen (secondary N) is 1. The summed E-state index contributed by atoms with van der Waals surface area (Å²) in [4.78, 5) is 3.93. The number of rotatable bonds is 5. The van der Waals surface area contributed by atoms with E-state index in [-0.39, 0.29) is 17.2 Å². The van der Waals surface area contributed by atoms with Crippen molar-refractivity contribution in [2.45, 2.75) is 18.4 Å². The summed E-state index contributed by atoms with van der Waals surface area (Å²) in [7, 11) is -0.888. The van der Waals surface area contributed by atoms with Crippen LogP contribution in [0.4, 0.5) is 5.69 Å². The molecule has 3 N–H and O–H groups in total. The van der Waals surface area contributed by atoms with Crippen molar-refractivity contribution in [3.8, 4) is 5.75 Å². The van der Waals surface area contributed by atoms with E-state index in [0.717, 1.165) is 9.87 Å². The van der Waals surface area contributed by atoms with Crippen LogP contribution in [0.3, 0.4) is 0 Å². The van der Waals surface area contributed by atoms with Gasteiger partial charge in [0, 0.05) is 12.7 Å². The number of H-pyrrole nitrogens is 1. The van der Waals surface area contributed by atoms with Crippen LogP contribution < -0.4 is 10.5 Å². The van der Waals surface area contributed by atoms with Gasteiger partial charge in [-0.25, -0.2) is 13.4 Å². The molecule has 2 rings (SSSR count). The molecule has 0 radical (unpaired) electrons. The first-order chi connectivity index (χ1) is 9.86. The number of nitrogen functional groups attached to an aromatic ring is 1. The third-order valence-electron chi connectivity index (χ3n) is 3.08. The number of nitrogens with zero attached hydrogens (tertiary/aromatic N) is 3. The number of aromatic amines is 1. The van der Waals surface area contributed by atoms with E-state index in [1.807, 2.05) is 0 Å². The molecule has 2 aromatic rings. The molecule has 0 aliphatic heterocycles. The fourth-order valence-electron chi connectivity index (χ4n) is 1.81. The van der Waals surface area contributed by atoms with E-state index in [4.69, 9.17) is 10.5 Å². The fraction of sp³-hybridized carbons (Fsp3) is 0.333. The van der Waals surface area contributed by atoms with Crippen molar-refractivity contribution in [3.63, 3.8) is 0 Å². The van der Waals surface area contributed by atoms with Crippen molar-refractivity contribution >= 4 is 15.7 Å². The summed E-state index contributed by atoms with van der Waals surface area (Å²) in [5, 5.41) is 6.30. The number of aryl methyl sites for hydroxylation is 1. The molecule has 0 saturated carbocycles. The smallest absolute Gasteiger partial charge is 0.246 e. The molecule has 0 spiro atoms. The normalized spacial score (nSPS) is 11.8. The largest absolute Gasteiger partial charge is 0.495 e. The third kappa shape index (κ3) is 2.98. The number of nitrogens with two attached hydrogens (primary N) is 1. The average molecular weight is 311 g/mol. The summed E-state index contributed by atoms with van der Waals surface area (Å²) in [5.74, 6) is 0.700. The molecular formula is C12H17N5O3S. The SMILES string of the molecule is COc1cc(C)c(N)cc1S(=O)(=O)N(C)Cc1ncn[nH]1. The number of aromatic nitrogens is 3. The minimum Gasteiger partial charge on any atom is -0.495 e. The first-order valence-electron chi connectivity index (χ1n) is 6.11. The number of hydrogen-bond donors (Lipinski definition) is 2. The summed E-state index contributed by atoms with van der Waals surface area (Å²) in [6.45, 7) is 1.85. The lowest BCUT2D eigenvalue weighted by Gasteiger charge is -2.18. The van der Waals surface area contributed by atoms with Gasteiger partial charge in [-0.3, -0.25) is 5.10 Å². The summed E-state index contributed by atoms with van der Waals surface area (Å²) in [5.41, 5.74) is 6.95. The van der Waals surface area contributed by atoms with Crippen LogP contribution in [-0.4, -0.2) is 42.1 Å². The maximum Gasteiger partial charge on any atom is 0.246 e. The Morgan fingerprint density at radius 1 is 1.43 bits per heavy atom. The van der Waals surface area contributed by atoms with Gasteiger partial charge < -0.3 is 10.5 Å². The van der Waals surface area contributed by atoms with Crippen LogP contribution in [0, 0.1) is 6.92 Å². The molecule has 0 aliphatic carbocycles. The van der Waals surface area contributed by atoms with Gasteiger partial charge in [0.1, 0.15) is 22.8 Å². The Bertz CT molecular complexity index is 728. The van der Waals surface area contributed by atoms with Crippen molar-refractivity contribution in [2.75, 3.05) is 19.9 Å². The van der Waals surface area contributed by atoms with E-state index in [2.05, 4.69) is 15.2 Å². The monoisotopic (exact) mass is 311 g/mol. The van der Waals surface area contributed by atoms with Crippen LogP contribution in [-0.2, 0) is 16.6 Å². The van der Waals surface area contributed by atoms with E-state index in [9.17, 15) is 8.42 Å². The van der Waals surface area contributed by atoms with Gasteiger partial charge in [-0.05, 0) is 24.6 Å². The van der Waals surface area contributed by atoms with E-state index in [1.54, 1.807) is 13.0 Å². The summed E-state index contributed by atoms with van der Waals surface area (Å²) in [6.07, 6.45) is 1.32. The Morgan fingerprint density at radius 2 is 2.14 bits per heavy atom. The highest BCUT2D eigenvalue weighted by molar-refractivity contribution is 7.89. The highest BCUT2D eigenvalue weighted by atomic mass is 32.2. The number of methoxy groups -OCH3 is 1. The molecule has 0 saturated heterocycles. The number of ether oxygens (including phenoxy) is 1. The predicted molar refractivity (Wildman–Crippen MR) is 77.2 cm³/mol. The lowest BCUT2D eigenvalue weighted by molar-refractivity contribution is 0.396. The molecule has 0 bridgehead atoms. The van der Waals surface area contributed by atoms with Gasteiger partial charge in [0.15, 0.2) is 0 Å². The van der Waals surface area contributed by atoms with Gasteiger partial charge in [-0.15, -0.1) is 0 Å². The summed E-state index contributed by atoms with van der Waals surface area (Å²) < 4.78 is 31.6. The number of sulfonamides is 1. The molecule has 0 unspecified atom stereocenters. The van der Waals surface area contributed by atoms with E-state index >= 15 is 0 Å². The van der Waals surface area contributed by atoms with Crippen molar-refractivity contribution in [3.05, 3.63) is 29.8 Å². The van der Waals surface area contributed by atoms with Gasteiger partial charge in [0.2, 0.25) is 10.0 Å². The summed E-state index contributed by atoms with van der Waals surface area (Å²) in [6, 6.07) is 3.00. The zero-order valence-electron chi connectivity index (χ0n) is 12.0. The molecule has 9 heteroatoms. The van der Waals surface area contributed by atoms with Crippen molar-refractivity contribution in [1.82, 2.24) is 19.5 Å². The fourth-order valence-corrected chi connectivity index (χ4v) is 3.11. The molecule has 0 aliphatic rings. The molecular weight excluding hydrogens is 294 g/mol. The average Bonchev–Trinajstić information content (AvgIpc) is 2.94. The Balaban J connectivity index is 2.41. The van der Waals surface area contributed by atoms with Gasteiger partial charge in [-0.2, -0.15) is 9.40 Å². The van der Waals surface area contributed by atoms with E-state index in [0.29, 0.717) is 11.5 Å².